The van der Waals surface area contributed by atoms with Gasteiger partial charge in [-0.1, -0.05) is 0 Å². The van der Waals surface area contributed by atoms with Gasteiger partial charge in [0, 0.05) is 19.1 Å². The van der Waals surface area contributed by atoms with Crippen molar-refractivity contribution in [2.45, 2.75) is 37.6 Å². The second-order valence-electron chi connectivity index (χ2n) is 4.40. The molecule has 7 heteroatoms. The molecule has 0 unspecified atom stereocenters. The first-order valence-electron chi connectivity index (χ1n) is 5.72. The zero-order chi connectivity index (χ0) is 12.6. The fraction of sp³-hybridized carbons (Fsp3) is 0.700. The summed E-state index contributed by atoms with van der Waals surface area (Å²) in [5, 5.41) is 6.65. The van der Waals surface area contributed by atoms with Crippen LogP contribution in [0.25, 0.3) is 0 Å². The van der Waals surface area contributed by atoms with Crippen molar-refractivity contribution in [3.05, 3.63) is 11.4 Å². The molecule has 0 radical (unpaired) electrons. The summed E-state index contributed by atoms with van der Waals surface area (Å²) in [4.78, 5) is 0.304. The van der Waals surface area contributed by atoms with Crippen molar-refractivity contribution in [3.63, 3.8) is 0 Å². The van der Waals surface area contributed by atoms with Crippen LogP contribution in [0.1, 0.15) is 24.2 Å². The Labute approximate surface area is 101 Å². The highest BCUT2D eigenvalue weighted by atomic mass is 32.2. The van der Waals surface area contributed by atoms with E-state index in [2.05, 4.69) is 10.2 Å². The van der Waals surface area contributed by atoms with Crippen LogP contribution in [-0.2, 0) is 10.0 Å². The summed E-state index contributed by atoms with van der Waals surface area (Å²) in [6.07, 6.45) is 1.85. The number of aromatic nitrogens is 2. The second kappa shape index (κ2) is 4.40. The minimum Gasteiger partial charge on any atom is -0.329 e. The fourth-order valence-electron chi connectivity index (χ4n) is 2.03. The van der Waals surface area contributed by atoms with Crippen LogP contribution in [0.5, 0.6) is 0 Å². The molecule has 0 saturated heterocycles. The Hall–Kier alpha value is -0.920. The van der Waals surface area contributed by atoms with E-state index in [4.69, 9.17) is 5.73 Å². The molecule has 1 aliphatic rings. The third-order valence-corrected chi connectivity index (χ3v) is 5.15. The van der Waals surface area contributed by atoms with Crippen LogP contribution in [0, 0.1) is 13.8 Å². The van der Waals surface area contributed by atoms with Crippen LogP contribution in [-0.4, -0.2) is 42.1 Å². The van der Waals surface area contributed by atoms with Crippen molar-refractivity contribution < 1.29 is 8.42 Å². The van der Waals surface area contributed by atoms with Crippen LogP contribution in [0.15, 0.2) is 4.90 Å². The Morgan fingerprint density at radius 2 is 2.12 bits per heavy atom. The van der Waals surface area contributed by atoms with Gasteiger partial charge in [0.1, 0.15) is 4.90 Å². The number of rotatable bonds is 5. The van der Waals surface area contributed by atoms with Crippen LogP contribution in [0.2, 0.25) is 0 Å². The van der Waals surface area contributed by atoms with E-state index in [9.17, 15) is 8.42 Å². The largest absolute Gasteiger partial charge is 0.329 e. The van der Waals surface area contributed by atoms with Gasteiger partial charge in [0.15, 0.2) is 0 Å². The van der Waals surface area contributed by atoms with E-state index in [1.165, 1.54) is 4.31 Å². The van der Waals surface area contributed by atoms with Crippen molar-refractivity contribution in [3.8, 4) is 0 Å². The lowest BCUT2D eigenvalue weighted by Crippen LogP contribution is -2.37. The number of aryl methyl sites for hydroxylation is 2. The van der Waals surface area contributed by atoms with Gasteiger partial charge in [-0.2, -0.15) is 9.40 Å². The molecule has 1 fully saturated rings. The zero-order valence-corrected chi connectivity index (χ0v) is 10.9. The van der Waals surface area contributed by atoms with E-state index in [0.29, 0.717) is 29.4 Å². The summed E-state index contributed by atoms with van der Waals surface area (Å²) < 4.78 is 26.5. The molecular weight excluding hydrogens is 240 g/mol. The predicted molar refractivity (Wildman–Crippen MR) is 64.0 cm³/mol. The van der Waals surface area contributed by atoms with Crippen LogP contribution >= 0.6 is 0 Å². The monoisotopic (exact) mass is 258 g/mol. The van der Waals surface area contributed by atoms with Crippen molar-refractivity contribution >= 4 is 10.0 Å². The van der Waals surface area contributed by atoms with Gasteiger partial charge in [-0.25, -0.2) is 8.42 Å². The molecule has 0 bridgehead atoms. The quantitative estimate of drug-likeness (QED) is 0.785. The number of H-pyrrole nitrogens is 1. The van der Waals surface area contributed by atoms with Crippen LogP contribution in [0.3, 0.4) is 0 Å². The van der Waals surface area contributed by atoms with Crippen molar-refractivity contribution in [1.82, 2.24) is 14.5 Å². The van der Waals surface area contributed by atoms with Gasteiger partial charge in [-0.3, -0.25) is 5.10 Å². The number of aromatic amines is 1. The Morgan fingerprint density at radius 1 is 1.47 bits per heavy atom. The molecule has 1 saturated carbocycles. The molecule has 0 spiro atoms. The summed E-state index contributed by atoms with van der Waals surface area (Å²) in [5.41, 5.74) is 6.60. The number of nitrogens with zero attached hydrogens (tertiary/aromatic N) is 2. The second-order valence-corrected chi connectivity index (χ2v) is 6.23. The topological polar surface area (TPSA) is 92.1 Å². The van der Waals surface area contributed by atoms with E-state index < -0.39 is 10.0 Å². The molecule has 0 aromatic carbocycles. The first kappa shape index (κ1) is 12.5. The molecule has 1 aromatic rings. The SMILES string of the molecule is Cc1n[nH]c(C)c1S(=O)(=O)N(CCN)C1CC1. The number of hydrogen-bond acceptors (Lipinski definition) is 4. The smallest absolute Gasteiger partial charge is 0.247 e. The minimum atomic E-state index is -3.46. The number of sulfonamides is 1. The molecule has 17 heavy (non-hydrogen) atoms. The molecule has 1 heterocycles. The Kier molecular flexibility index (Phi) is 3.24. The molecule has 1 aliphatic carbocycles. The maximum atomic E-state index is 12.5. The number of hydrogen-bond donors (Lipinski definition) is 2. The van der Waals surface area contributed by atoms with Crippen LogP contribution in [0.4, 0.5) is 0 Å². The van der Waals surface area contributed by atoms with E-state index in [0.717, 1.165) is 12.8 Å². The molecule has 3 N–H and O–H groups in total. The highest BCUT2D eigenvalue weighted by Gasteiger charge is 2.39. The lowest BCUT2D eigenvalue weighted by atomic mass is 10.4. The molecule has 0 atom stereocenters. The summed E-state index contributed by atoms with van der Waals surface area (Å²) in [5.74, 6) is 0. The average molecular weight is 258 g/mol. The maximum absolute atomic E-state index is 12.5. The van der Waals surface area contributed by atoms with E-state index in [1.54, 1.807) is 13.8 Å². The third-order valence-electron chi connectivity index (χ3n) is 2.93. The van der Waals surface area contributed by atoms with Crippen molar-refractivity contribution in [2.24, 2.45) is 5.73 Å². The molecule has 2 rings (SSSR count). The normalized spacial score (nSPS) is 16.7. The van der Waals surface area contributed by atoms with Gasteiger partial charge in [0.05, 0.1) is 11.4 Å². The van der Waals surface area contributed by atoms with Gasteiger partial charge in [-0.15, -0.1) is 0 Å². The van der Waals surface area contributed by atoms with Gasteiger partial charge < -0.3 is 5.73 Å². The highest BCUT2D eigenvalue weighted by molar-refractivity contribution is 7.89. The molecule has 6 nitrogen and oxygen atoms in total. The molecule has 0 aliphatic heterocycles. The summed E-state index contributed by atoms with van der Waals surface area (Å²) in [7, 11) is -3.46. The highest BCUT2D eigenvalue weighted by Crippen LogP contribution is 2.33. The lowest BCUT2D eigenvalue weighted by Gasteiger charge is -2.21. The molecule has 1 aromatic heterocycles. The first-order valence-corrected chi connectivity index (χ1v) is 7.16. The molecule has 96 valence electrons. The summed E-state index contributed by atoms with van der Waals surface area (Å²) in [6.45, 7) is 4.13. The van der Waals surface area contributed by atoms with E-state index in [1.807, 2.05) is 0 Å². The average Bonchev–Trinajstić information content (AvgIpc) is 3.01. The molecular formula is C10H18N4O2S. The van der Waals surface area contributed by atoms with Gasteiger partial charge in [-0.05, 0) is 26.7 Å². The number of nitrogens with one attached hydrogen (secondary N) is 1. The Bertz CT molecular complexity index is 485. The first-order chi connectivity index (χ1) is 7.98. The number of nitrogens with two attached hydrogens (primary N) is 1. The van der Waals surface area contributed by atoms with Crippen molar-refractivity contribution in [1.29, 1.82) is 0 Å². The van der Waals surface area contributed by atoms with Crippen LogP contribution < -0.4 is 5.73 Å². The lowest BCUT2D eigenvalue weighted by molar-refractivity contribution is 0.411. The Morgan fingerprint density at radius 3 is 2.53 bits per heavy atom. The van der Waals surface area contributed by atoms with E-state index in [-0.39, 0.29) is 6.04 Å². The zero-order valence-electron chi connectivity index (χ0n) is 10.1. The fourth-order valence-corrected chi connectivity index (χ4v) is 4.06. The van der Waals surface area contributed by atoms with Crippen molar-refractivity contribution in [2.75, 3.05) is 13.1 Å². The predicted octanol–water partition coefficient (Wildman–Crippen LogP) is 0.138. The summed E-state index contributed by atoms with van der Waals surface area (Å²) in [6, 6.07) is 0.122. The van der Waals surface area contributed by atoms with Gasteiger partial charge >= 0.3 is 0 Å². The minimum absolute atomic E-state index is 0.122. The molecule has 0 amide bonds. The maximum Gasteiger partial charge on any atom is 0.247 e. The standard InChI is InChI=1S/C10H18N4O2S/c1-7-10(8(2)13-12-7)17(15,16)14(6-5-11)9-3-4-9/h9H,3-6,11H2,1-2H3,(H,12,13). The van der Waals surface area contributed by atoms with E-state index >= 15 is 0 Å². The van der Waals surface area contributed by atoms with Gasteiger partial charge in [0.2, 0.25) is 10.0 Å². The Balaban J connectivity index is 2.40. The summed E-state index contributed by atoms with van der Waals surface area (Å²) >= 11 is 0. The van der Waals surface area contributed by atoms with Gasteiger partial charge in [0.25, 0.3) is 0 Å². The third kappa shape index (κ3) is 2.22.